The molecule has 2 aromatic carbocycles. The number of para-hydroxylation sites is 1. The van der Waals surface area contributed by atoms with Crippen LogP contribution in [0, 0.1) is 0 Å². The molecule has 4 aromatic rings. The standard InChI is InChI=1S/C19H15N3O3S2/c1-24-14-8-7-11(9-15(14)25-2)13-10-26-19(21-13)22-17(23)18-20-12-5-3-4-6-16(12)27-18/h3-10H,1-2H3,(H,21,22,23). The number of carbonyl (C=O) groups excluding carboxylic acids is 1. The molecular formula is C19H15N3O3S2. The third kappa shape index (κ3) is 3.49. The van der Waals surface area contributed by atoms with Gasteiger partial charge in [0.25, 0.3) is 5.91 Å². The molecule has 27 heavy (non-hydrogen) atoms. The van der Waals surface area contributed by atoms with Crippen LogP contribution in [0.3, 0.4) is 0 Å². The SMILES string of the molecule is COc1ccc(-c2csc(NC(=O)c3nc4ccccc4s3)n2)cc1OC. The lowest BCUT2D eigenvalue weighted by molar-refractivity contribution is 0.102. The van der Waals surface area contributed by atoms with Crippen molar-refractivity contribution in [2.45, 2.75) is 0 Å². The molecule has 0 unspecified atom stereocenters. The van der Waals surface area contributed by atoms with Crippen LogP contribution in [0.4, 0.5) is 5.13 Å². The lowest BCUT2D eigenvalue weighted by atomic mass is 10.1. The number of anilines is 1. The Hall–Kier alpha value is -2.97. The van der Waals surface area contributed by atoms with Gasteiger partial charge in [0.1, 0.15) is 0 Å². The highest BCUT2D eigenvalue weighted by molar-refractivity contribution is 7.20. The number of benzene rings is 2. The van der Waals surface area contributed by atoms with E-state index in [0.717, 1.165) is 21.5 Å². The second-order valence-electron chi connectivity index (χ2n) is 5.55. The van der Waals surface area contributed by atoms with Gasteiger partial charge in [0.05, 0.1) is 30.1 Å². The fourth-order valence-electron chi connectivity index (χ4n) is 2.58. The van der Waals surface area contributed by atoms with Gasteiger partial charge in [-0.1, -0.05) is 12.1 Å². The zero-order valence-electron chi connectivity index (χ0n) is 14.6. The minimum absolute atomic E-state index is 0.260. The van der Waals surface area contributed by atoms with Crippen LogP contribution in [0.25, 0.3) is 21.5 Å². The van der Waals surface area contributed by atoms with Crippen LogP contribution in [-0.4, -0.2) is 30.1 Å². The van der Waals surface area contributed by atoms with Crippen LogP contribution in [0.1, 0.15) is 9.80 Å². The Bertz CT molecular complexity index is 1090. The van der Waals surface area contributed by atoms with Crippen molar-refractivity contribution in [3.05, 3.63) is 52.9 Å². The Morgan fingerprint density at radius 3 is 2.63 bits per heavy atom. The summed E-state index contributed by atoms with van der Waals surface area (Å²) in [4.78, 5) is 21.3. The largest absolute Gasteiger partial charge is 0.493 e. The summed E-state index contributed by atoms with van der Waals surface area (Å²) in [5.74, 6) is 1.02. The molecule has 0 aliphatic carbocycles. The van der Waals surface area contributed by atoms with E-state index in [1.807, 2.05) is 47.8 Å². The van der Waals surface area contributed by atoms with Gasteiger partial charge in [-0.2, -0.15) is 0 Å². The van der Waals surface area contributed by atoms with Crippen molar-refractivity contribution >= 4 is 43.9 Å². The number of fused-ring (bicyclic) bond motifs is 1. The first-order chi connectivity index (χ1) is 13.2. The Morgan fingerprint density at radius 1 is 1.04 bits per heavy atom. The lowest BCUT2D eigenvalue weighted by Crippen LogP contribution is -2.11. The van der Waals surface area contributed by atoms with Gasteiger partial charge < -0.3 is 9.47 Å². The molecule has 0 aliphatic heterocycles. The molecule has 0 fully saturated rings. The van der Waals surface area contributed by atoms with Gasteiger partial charge in [-0.05, 0) is 30.3 Å². The van der Waals surface area contributed by atoms with E-state index in [1.54, 1.807) is 14.2 Å². The molecule has 1 amide bonds. The number of amides is 1. The average molecular weight is 397 g/mol. The van der Waals surface area contributed by atoms with E-state index in [0.29, 0.717) is 21.6 Å². The second kappa shape index (κ2) is 7.34. The van der Waals surface area contributed by atoms with E-state index in [-0.39, 0.29) is 5.91 Å². The number of methoxy groups -OCH3 is 2. The fraction of sp³-hybridized carbons (Fsp3) is 0.105. The number of nitrogens with zero attached hydrogens (tertiary/aromatic N) is 2. The molecule has 0 radical (unpaired) electrons. The van der Waals surface area contributed by atoms with E-state index < -0.39 is 0 Å². The van der Waals surface area contributed by atoms with E-state index in [9.17, 15) is 4.79 Å². The Morgan fingerprint density at radius 2 is 1.85 bits per heavy atom. The zero-order valence-corrected chi connectivity index (χ0v) is 16.2. The summed E-state index contributed by atoms with van der Waals surface area (Å²) < 4.78 is 11.6. The molecule has 1 N–H and O–H groups in total. The number of hydrogen-bond acceptors (Lipinski definition) is 7. The Balaban J connectivity index is 1.55. The molecule has 0 bridgehead atoms. The number of nitrogens with one attached hydrogen (secondary N) is 1. The van der Waals surface area contributed by atoms with Crippen molar-refractivity contribution in [1.82, 2.24) is 9.97 Å². The molecular weight excluding hydrogens is 382 g/mol. The molecule has 4 rings (SSSR count). The van der Waals surface area contributed by atoms with Crippen molar-refractivity contribution in [2.24, 2.45) is 0 Å². The van der Waals surface area contributed by atoms with Crippen molar-refractivity contribution in [3.63, 3.8) is 0 Å². The second-order valence-corrected chi connectivity index (χ2v) is 7.44. The van der Waals surface area contributed by atoms with E-state index >= 15 is 0 Å². The molecule has 6 nitrogen and oxygen atoms in total. The summed E-state index contributed by atoms with van der Waals surface area (Å²) in [5.41, 5.74) is 2.45. The minimum atomic E-state index is -0.260. The lowest BCUT2D eigenvalue weighted by Gasteiger charge is -2.08. The Kier molecular flexibility index (Phi) is 4.74. The van der Waals surface area contributed by atoms with Gasteiger partial charge in [-0.15, -0.1) is 22.7 Å². The van der Waals surface area contributed by atoms with Gasteiger partial charge >= 0.3 is 0 Å². The number of carbonyl (C=O) groups is 1. The number of aromatic nitrogens is 2. The first kappa shape index (κ1) is 17.4. The summed E-state index contributed by atoms with van der Waals surface area (Å²) in [6, 6.07) is 13.2. The number of ether oxygens (including phenoxy) is 2. The summed E-state index contributed by atoms with van der Waals surface area (Å²) in [7, 11) is 3.18. The van der Waals surface area contributed by atoms with Crippen LogP contribution < -0.4 is 14.8 Å². The molecule has 2 aromatic heterocycles. The van der Waals surface area contributed by atoms with Crippen molar-refractivity contribution in [3.8, 4) is 22.8 Å². The van der Waals surface area contributed by atoms with Crippen LogP contribution >= 0.6 is 22.7 Å². The number of thiazole rings is 2. The minimum Gasteiger partial charge on any atom is -0.493 e. The van der Waals surface area contributed by atoms with E-state index in [2.05, 4.69) is 15.3 Å². The fourth-order valence-corrected chi connectivity index (χ4v) is 4.15. The zero-order chi connectivity index (χ0) is 18.8. The predicted octanol–water partition coefficient (Wildman–Crippen LogP) is 4.69. The molecule has 2 heterocycles. The summed E-state index contributed by atoms with van der Waals surface area (Å²) in [6.07, 6.45) is 0. The molecule has 8 heteroatoms. The summed E-state index contributed by atoms with van der Waals surface area (Å²) in [6.45, 7) is 0. The van der Waals surface area contributed by atoms with Crippen LogP contribution in [-0.2, 0) is 0 Å². The van der Waals surface area contributed by atoms with Gasteiger partial charge in [-0.3, -0.25) is 10.1 Å². The van der Waals surface area contributed by atoms with Gasteiger partial charge in [-0.25, -0.2) is 9.97 Å². The number of rotatable bonds is 5. The van der Waals surface area contributed by atoms with Crippen molar-refractivity contribution < 1.29 is 14.3 Å². The molecule has 0 saturated carbocycles. The first-order valence-corrected chi connectivity index (χ1v) is 9.72. The molecule has 0 aliphatic rings. The first-order valence-electron chi connectivity index (χ1n) is 8.03. The number of hydrogen-bond donors (Lipinski definition) is 1. The molecule has 0 saturated heterocycles. The normalized spacial score (nSPS) is 10.7. The summed E-state index contributed by atoms with van der Waals surface area (Å²) >= 11 is 2.72. The maximum atomic E-state index is 12.5. The highest BCUT2D eigenvalue weighted by Crippen LogP contribution is 2.33. The van der Waals surface area contributed by atoms with Crippen LogP contribution in [0.5, 0.6) is 11.5 Å². The average Bonchev–Trinajstić information content (AvgIpc) is 3.34. The highest BCUT2D eigenvalue weighted by Gasteiger charge is 2.15. The maximum Gasteiger partial charge on any atom is 0.286 e. The molecule has 0 spiro atoms. The molecule has 0 atom stereocenters. The van der Waals surface area contributed by atoms with Gasteiger partial charge in [0.2, 0.25) is 0 Å². The van der Waals surface area contributed by atoms with Crippen molar-refractivity contribution in [1.29, 1.82) is 0 Å². The van der Waals surface area contributed by atoms with Gasteiger partial charge in [0, 0.05) is 10.9 Å². The van der Waals surface area contributed by atoms with Crippen molar-refractivity contribution in [2.75, 3.05) is 19.5 Å². The maximum absolute atomic E-state index is 12.5. The van der Waals surface area contributed by atoms with E-state index in [4.69, 9.17) is 9.47 Å². The predicted molar refractivity (Wildman–Crippen MR) is 108 cm³/mol. The van der Waals surface area contributed by atoms with Crippen LogP contribution in [0.2, 0.25) is 0 Å². The Labute approximate surface area is 163 Å². The smallest absolute Gasteiger partial charge is 0.286 e. The third-order valence-electron chi connectivity index (χ3n) is 3.89. The monoisotopic (exact) mass is 397 g/mol. The van der Waals surface area contributed by atoms with E-state index in [1.165, 1.54) is 22.7 Å². The summed E-state index contributed by atoms with van der Waals surface area (Å²) in [5, 5.41) is 5.64. The van der Waals surface area contributed by atoms with Crippen LogP contribution in [0.15, 0.2) is 47.8 Å². The quantitative estimate of drug-likeness (QED) is 0.529. The highest BCUT2D eigenvalue weighted by atomic mass is 32.1. The molecule has 136 valence electrons. The topological polar surface area (TPSA) is 73.3 Å². The third-order valence-corrected chi connectivity index (χ3v) is 5.68. The van der Waals surface area contributed by atoms with Gasteiger partial charge in [0.15, 0.2) is 21.6 Å².